The third kappa shape index (κ3) is 1.95. The first-order valence-corrected chi connectivity index (χ1v) is 7.68. The Kier molecular flexibility index (Phi) is 2.99. The summed E-state index contributed by atoms with van der Waals surface area (Å²) in [4.78, 5) is 0. The zero-order valence-electron chi connectivity index (χ0n) is 9.74. The molecule has 0 radical (unpaired) electrons. The molecule has 4 aliphatic rings. The van der Waals surface area contributed by atoms with E-state index in [-0.39, 0.29) is 0 Å². The van der Waals surface area contributed by atoms with Crippen LogP contribution in [0.4, 0.5) is 0 Å². The lowest BCUT2D eigenvalue weighted by Crippen LogP contribution is -2.47. The van der Waals surface area contributed by atoms with Crippen LogP contribution in [0.15, 0.2) is 0 Å². The average Bonchev–Trinajstić information content (AvgIpc) is 2.21. The van der Waals surface area contributed by atoms with Crippen molar-refractivity contribution in [1.29, 1.82) is 0 Å². The van der Waals surface area contributed by atoms with Crippen LogP contribution in [0.25, 0.3) is 0 Å². The molecule has 0 saturated heterocycles. The summed E-state index contributed by atoms with van der Waals surface area (Å²) in [5.41, 5.74) is 0. The Labute approximate surface area is 97.8 Å². The van der Waals surface area contributed by atoms with Gasteiger partial charge < -0.3 is 5.32 Å². The summed E-state index contributed by atoms with van der Waals surface area (Å²) in [6.07, 6.45) is 7.88. The Morgan fingerprint density at radius 2 is 1.60 bits per heavy atom. The minimum Gasteiger partial charge on any atom is -0.319 e. The molecular formula is C13H23NS. The fraction of sp³-hybridized carbons (Fsp3) is 1.00. The third-order valence-corrected chi connectivity index (χ3v) is 6.40. The minimum atomic E-state index is 1.03. The molecule has 4 saturated carbocycles. The van der Waals surface area contributed by atoms with Crippen LogP contribution >= 0.6 is 11.8 Å². The molecule has 2 heteroatoms. The summed E-state index contributed by atoms with van der Waals surface area (Å²) in [7, 11) is 2.07. The van der Waals surface area contributed by atoms with E-state index < -0.39 is 0 Å². The molecule has 86 valence electrons. The van der Waals surface area contributed by atoms with Crippen LogP contribution in [0, 0.1) is 23.7 Å². The van der Waals surface area contributed by atoms with Crippen LogP contribution in [-0.2, 0) is 0 Å². The third-order valence-electron chi connectivity index (χ3n) is 4.80. The topological polar surface area (TPSA) is 12.0 Å². The molecule has 4 aliphatic carbocycles. The first kappa shape index (κ1) is 10.5. The summed E-state index contributed by atoms with van der Waals surface area (Å²) in [6, 6.07) is 0. The smallest absolute Gasteiger partial charge is 0.0104 e. The average molecular weight is 225 g/mol. The summed E-state index contributed by atoms with van der Waals surface area (Å²) in [6.45, 7) is 1.19. The fourth-order valence-corrected chi connectivity index (χ4v) is 6.03. The highest BCUT2D eigenvalue weighted by atomic mass is 32.2. The predicted octanol–water partition coefficient (Wildman–Crippen LogP) is 2.76. The van der Waals surface area contributed by atoms with Crippen molar-refractivity contribution in [2.24, 2.45) is 23.7 Å². The molecule has 0 amide bonds. The largest absolute Gasteiger partial charge is 0.319 e. The lowest BCUT2D eigenvalue weighted by molar-refractivity contribution is 0.0267. The highest BCUT2D eigenvalue weighted by molar-refractivity contribution is 7.99. The van der Waals surface area contributed by atoms with Gasteiger partial charge in [-0.15, -0.1) is 0 Å². The normalized spacial score (nSPS) is 47.4. The van der Waals surface area contributed by atoms with Gasteiger partial charge in [-0.25, -0.2) is 0 Å². The SMILES string of the molecule is CNCCSC1C2CC3CC(C2)CC1C3. The van der Waals surface area contributed by atoms with Crippen LogP contribution in [0.2, 0.25) is 0 Å². The minimum absolute atomic E-state index is 1.03. The second kappa shape index (κ2) is 4.29. The van der Waals surface area contributed by atoms with Gasteiger partial charge in [0.05, 0.1) is 0 Å². The monoisotopic (exact) mass is 225 g/mol. The van der Waals surface area contributed by atoms with Gasteiger partial charge in [-0.3, -0.25) is 0 Å². The maximum atomic E-state index is 3.27. The van der Waals surface area contributed by atoms with Crippen LogP contribution < -0.4 is 5.32 Å². The molecule has 0 aliphatic heterocycles. The summed E-state index contributed by atoms with van der Waals surface area (Å²) >= 11 is 2.27. The van der Waals surface area contributed by atoms with E-state index in [0.29, 0.717) is 0 Å². The zero-order chi connectivity index (χ0) is 10.3. The van der Waals surface area contributed by atoms with E-state index in [2.05, 4.69) is 24.1 Å². The van der Waals surface area contributed by atoms with Crippen molar-refractivity contribution >= 4 is 11.8 Å². The van der Waals surface area contributed by atoms with E-state index >= 15 is 0 Å². The molecule has 0 heterocycles. The van der Waals surface area contributed by atoms with Gasteiger partial charge in [0.15, 0.2) is 0 Å². The van der Waals surface area contributed by atoms with Gasteiger partial charge >= 0.3 is 0 Å². The second-order valence-electron chi connectivity index (χ2n) is 5.87. The fourth-order valence-electron chi connectivity index (χ4n) is 4.44. The van der Waals surface area contributed by atoms with E-state index in [9.17, 15) is 0 Å². The standard InChI is InChI=1S/C13H23NS/c1-14-2-3-15-13-11-5-9-4-10(7-11)8-12(13)6-9/h9-14H,2-8H2,1H3. The Bertz CT molecular complexity index is 201. The van der Waals surface area contributed by atoms with Gasteiger partial charge in [0.25, 0.3) is 0 Å². The first-order valence-electron chi connectivity index (χ1n) is 6.63. The molecule has 15 heavy (non-hydrogen) atoms. The molecular weight excluding hydrogens is 202 g/mol. The second-order valence-corrected chi connectivity index (χ2v) is 7.16. The van der Waals surface area contributed by atoms with Gasteiger partial charge in [-0.2, -0.15) is 11.8 Å². The van der Waals surface area contributed by atoms with Gasteiger partial charge in [-0.05, 0) is 62.8 Å². The van der Waals surface area contributed by atoms with Crippen LogP contribution in [-0.4, -0.2) is 24.6 Å². The summed E-state index contributed by atoms with van der Waals surface area (Å²) in [5, 5.41) is 4.30. The number of rotatable bonds is 4. The molecule has 1 nitrogen and oxygen atoms in total. The quantitative estimate of drug-likeness (QED) is 0.738. The Morgan fingerprint density at radius 1 is 1.00 bits per heavy atom. The highest BCUT2D eigenvalue weighted by Gasteiger charge is 2.47. The number of hydrogen-bond donors (Lipinski definition) is 1. The zero-order valence-corrected chi connectivity index (χ0v) is 10.6. The number of nitrogens with one attached hydrogen (secondary N) is 1. The van der Waals surface area contributed by atoms with Crippen molar-refractivity contribution < 1.29 is 0 Å². The first-order chi connectivity index (χ1) is 7.36. The van der Waals surface area contributed by atoms with Crippen molar-refractivity contribution in [1.82, 2.24) is 5.32 Å². The maximum absolute atomic E-state index is 3.27. The molecule has 0 aromatic rings. The Balaban J connectivity index is 1.60. The van der Waals surface area contributed by atoms with E-state index in [4.69, 9.17) is 0 Å². The van der Waals surface area contributed by atoms with E-state index in [1.807, 2.05) is 0 Å². The van der Waals surface area contributed by atoms with Crippen molar-refractivity contribution in [2.45, 2.75) is 37.4 Å². The van der Waals surface area contributed by atoms with E-state index in [0.717, 1.165) is 28.9 Å². The van der Waals surface area contributed by atoms with Gasteiger partial charge in [0.2, 0.25) is 0 Å². The van der Waals surface area contributed by atoms with Crippen molar-refractivity contribution in [2.75, 3.05) is 19.3 Å². The molecule has 1 N–H and O–H groups in total. The predicted molar refractivity (Wildman–Crippen MR) is 67.2 cm³/mol. The van der Waals surface area contributed by atoms with Gasteiger partial charge in [0.1, 0.15) is 0 Å². The molecule has 4 fully saturated rings. The lowest BCUT2D eigenvalue weighted by atomic mass is 9.56. The van der Waals surface area contributed by atoms with Crippen molar-refractivity contribution in [3.05, 3.63) is 0 Å². The van der Waals surface area contributed by atoms with Gasteiger partial charge in [-0.1, -0.05) is 0 Å². The maximum Gasteiger partial charge on any atom is 0.0104 e. The van der Waals surface area contributed by atoms with Crippen LogP contribution in [0.1, 0.15) is 32.1 Å². The molecule has 0 unspecified atom stereocenters. The molecule has 4 bridgehead atoms. The molecule has 4 rings (SSSR count). The highest BCUT2D eigenvalue weighted by Crippen LogP contribution is 2.56. The Morgan fingerprint density at radius 3 is 2.13 bits per heavy atom. The lowest BCUT2D eigenvalue weighted by Gasteiger charge is -2.54. The van der Waals surface area contributed by atoms with Crippen molar-refractivity contribution in [3.8, 4) is 0 Å². The molecule has 0 atom stereocenters. The number of thioether (sulfide) groups is 1. The van der Waals surface area contributed by atoms with E-state index in [1.54, 1.807) is 32.1 Å². The number of hydrogen-bond acceptors (Lipinski definition) is 2. The van der Waals surface area contributed by atoms with Gasteiger partial charge in [0, 0.05) is 17.5 Å². The molecule has 0 aromatic heterocycles. The van der Waals surface area contributed by atoms with Crippen molar-refractivity contribution in [3.63, 3.8) is 0 Å². The Hall–Kier alpha value is 0.310. The summed E-state index contributed by atoms with van der Waals surface area (Å²) in [5.74, 6) is 5.79. The van der Waals surface area contributed by atoms with E-state index in [1.165, 1.54) is 12.3 Å². The van der Waals surface area contributed by atoms with Crippen LogP contribution in [0.5, 0.6) is 0 Å². The molecule has 0 aromatic carbocycles. The van der Waals surface area contributed by atoms with Crippen LogP contribution in [0.3, 0.4) is 0 Å². The molecule has 0 spiro atoms. The summed E-state index contributed by atoms with van der Waals surface area (Å²) < 4.78 is 0.